The maximum atomic E-state index is 15.6. The van der Waals surface area contributed by atoms with Crippen LogP contribution in [0.2, 0.25) is 5.02 Å². The molecule has 48 heavy (non-hydrogen) atoms. The smallest absolute Gasteiger partial charge is 0.270 e. The predicted octanol–water partition coefficient (Wildman–Crippen LogP) is 5.65. The van der Waals surface area contributed by atoms with E-state index < -0.39 is 17.9 Å². The molecular formula is C35H32ClF2N5O5. The molecule has 10 nitrogen and oxygen atoms in total. The van der Waals surface area contributed by atoms with Crippen molar-refractivity contribution in [1.29, 1.82) is 0 Å². The molecule has 4 heterocycles. The van der Waals surface area contributed by atoms with Crippen molar-refractivity contribution in [1.82, 2.24) is 24.8 Å². The normalized spacial score (nSPS) is 16.6. The summed E-state index contributed by atoms with van der Waals surface area (Å²) in [7, 11) is 0. The van der Waals surface area contributed by atoms with Gasteiger partial charge in [-0.3, -0.25) is 9.78 Å². The molecule has 1 amide bonds. The minimum atomic E-state index is -1.66. The number of pyridine rings is 2. The van der Waals surface area contributed by atoms with E-state index in [1.54, 1.807) is 36.4 Å². The number of imidazole rings is 1. The molecule has 1 aliphatic carbocycles. The van der Waals surface area contributed by atoms with Gasteiger partial charge in [0, 0.05) is 47.5 Å². The summed E-state index contributed by atoms with van der Waals surface area (Å²) in [6.45, 7) is 3.05. The number of amides is 1. The molecule has 2 fully saturated rings. The van der Waals surface area contributed by atoms with E-state index >= 15 is 8.78 Å². The number of nitrogens with one attached hydrogen (secondary N) is 1. The zero-order chi connectivity index (χ0) is 33.6. The Hall–Kier alpha value is -4.49. The molecule has 3 aromatic heterocycles. The van der Waals surface area contributed by atoms with Crippen LogP contribution in [0.5, 0.6) is 5.88 Å². The van der Waals surface area contributed by atoms with Gasteiger partial charge in [0.2, 0.25) is 5.88 Å². The average molecular weight is 676 g/mol. The lowest BCUT2D eigenvalue weighted by Crippen LogP contribution is -2.34. The first kappa shape index (κ1) is 32.1. The Bertz CT molecular complexity index is 2030. The average Bonchev–Trinajstić information content (AvgIpc) is 3.67. The molecule has 1 saturated carbocycles. The number of ether oxygens (including phenoxy) is 2. The van der Waals surface area contributed by atoms with Gasteiger partial charge in [0.1, 0.15) is 29.8 Å². The van der Waals surface area contributed by atoms with Gasteiger partial charge in [-0.15, -0.1) is 0 Å². The number of carbonyl (C=O) groups is 1. The molecule has 0 spiro atoms. The van der Waals surface area contributed by atoms with E-state index in [2.05, 4.69) is 20.3 Å². The van der Waals surface area contributed by atoms with E-state index in [4.69, 9.17) is 21.1 Å². The first-order chi connectivity index (χ1) is 23.0. The number of fused-ring (bicyclic) bond motifs is 1. The highest BCUT2D eigenvalue weighted by Gasteiger charge is 2.39. The summed E-state index contributed by atoms with van der Waals surface area (Å²) in [6.07, 6.45) is 2.44. The molecule has 3 N–H and O–H groups in total. The molecule has 13 heteroatoms. The topological polar surface area (TPSA) is 132 Å². The largest absolute Gasteiger partial charge is 0.473 e. The molecule has 2 aliphatic rings. The van der Waals surface area contributed by atoms with Crippen molar-refractivity contribution in [2.45, 2.75) is 63.7 Å². The summed E-state index contributed by atoms with van der Waals surface area (Å²) in [5.74, 6) is -0.952. The third-order valence-corrected chi connectivity index (χ3v) is 9.12. The zero-order valence-corrected chi connectivity index (χ0v) is 26.7. The Morgan fingerprint density at radius 3 is 2.65 bits per heavy atom. The minimum absolute atomic E-state index is 0.00736. The molecule has 0 radical (unpaired) electrons. The van der Waals surface area contributed by atoms with E-state index in [1.165, 1.54) is 12.3 Å². The van der Waals surface area contributed by atoms with Crippen molar-refractivity contribution < 1.29 is 33.3 Å². The Kier molecular flexibility index (Phi) is 8.58. The molecular weight excluding hydrogens is 644 g/mol. The third-order valence-electron chi connectivity index (χ3n) is 8.77. The molecule has 248 valence electrons. The van der Waals surface area contributed by atoms with Gasteiger partial charge in [0.25, 0.3) is 5.91 Å². The standard InChI is InChI=1S/C35H32ClF2N5O5/c1-35(8-9-35)42-33(44)29-15-24(36)21(16-39-29)18-48-32-4-2-3-27(41-32)23-14-25(37)20(11-26(23)38)13-31-40-28-6-5-19(34(45)46)12-30(28)43(31)17-22-7-10-47-22/h2-6,11-12,14-16,22,34,45-46H,7-10,13,17-18H2,1H3,(H,42,44)/t22-/m0/s1. The molecule has 7 rings (SSSR count). The minimum Gasteiger partial charge on any atom is -0.473 e. The van der Waals surface area contributed by atoms with Crippen molar-refractivity contribution in [3.63, 3.8) is 0 Å². The molecule has 2 aromatic carbocycles. The fourth-order valence-electron chi connectivity index (χ4n) is 5.55. The first-order valence-corrected chi connectivity index (χ1v) is 15.9. The van der Waals surface area contributed by atoms with E-state index in [0.29, 0.717) is 46.2 Å². The Balaban J connectivity index is 1.08. The van der Waals surface area contributed by atoms with Gasteiger partial charge >= 0.3 is 0 Å². The van der Waals surface area contributed by atoms with Crippen LogP contribution in [0.15, 0.2) is 60.8 Å². The van der Waals surface area contributed by atoms with Crippen LogP contribution in [0, 0.1) is 11.6 Å². The lowest BCUT2D eigenvalue weighted by atomic mass is 10.0. The number of rotatable bonds is 11. The maximum absolute atomic E-state index is 15.6. The lowest BCUT2D eigenvalue weighted by molar-refractivity contribution is -0.0590. The van der Waals surface area contributed by atoms with Crippen LogP contribution < -0.4 is 10.1 Å². The summed E-state index contributed by atoms with van der Waals surface area (Å²) in [5, 5.41) is 22.6. The number of halogens is 3. The van der Waals surface area contributed by atoms with Crippen molar-refractivity contribution in [3.8, 4) is 17.1 Å². The number of aromatic nitrogens is 4. The highest BCUT2D eigenvalue weighted by atomic mass is 35.5. The molecule has 0 bridgehead atoms. The fourth-order valence-corrected chi connectivity index (χ4v) is 5.75. The Labute approximate surface area is 279 Å². The van der Waals surface area contributed by atoms with Gasteiger partial charge in [-0.1, -0.05) is 23.7 Å². The van der Waals surface area contributed by atoms with Crippen molar-refractivity contribution in [2.24, 2.45) is 0 Å². The number of hydrogen-bond donors (Lipinski definition) is 3. The number of aliphatic hydroxyl groups excluding tert-OH is 1. The van der Waals surface area contributed by atoms with Crippen LogP contribution in [0.25, 0.3) is 22.3 Å². The van der Waals surface area contributed by atoms with E-state index in [0.717, 1.165) is 31.4 Å². The van der Waals surface area contributed by atoms with Gasteiger partial charge in [0.15, 0.2) is 6.29 Å². The van der Waals surface area contributed by atoms with Crippen LogP contribution in [-0.4, -0.2) is 53.9 Å². The fraction of sp³-hybridized carbons (Fsp3) is 0.314. The van der Waals surface area contributed by atoms with Gasteiger partial charge in [-0.25, -0.2) is 18.7 Å². The lowest BCUT2D eigenvalue weighted by Gasteiger charge is -2.27. The van der Waals surface area contributed by atoms with E-state index in [1.807, 2.05) is 11.5 Å². The number of hydrogen-bond acceptors (Lipinski definition) is 8. The second-order valence-electron chi connectivity index (χ2n) is 12.5. The van der Waals surface area contributed by atoms with E-state index in [-0.39, 0.29) is 59.0 Å². The van der Waals surface area contributed by atoms with Crippen LogP contribution in [-0.2, 0) is 24.3 Å². The summed E-state index contributed by atoms with van der Waals surface area (Å²) >= 11 is 6.41. The molecule has 0 unspecified atom stereocenters. The third kappa shape index (κ3) is 6.74. The van der Waals surface area contributed by atoms with Gasteiger partial charge < -0.3 is 29.6 Å². The molecule has 1 atom stereocenters. The van der Waals surface area contributed by atoms with Crippen LogP contribution in [0.1, 0.15) is 65.5 Å². The quantitative estimate of drug-likeness (QED) is 0.153. The second-order valence-corrected chi connectivity index (χ2v) is 12.9. The van der Waals surface area contributed by atoms with Crippen molar-refractivity contribution >= 4 is 28.5 Å². The Morgan fingerprint density at radius 2 is 1.94 bits per heavy atom. The molecule has 1 aliphatic heterocycles. The van der Waals surface area contributed by atoms with Crippen molar-refractivity contribution in [3.05, 3.63) is 106 Å². The van der Waals surface area contributed by atoms with Crippen LogP contribution in [0.3, 0.4) is 0 Å². The highest BCUT2D eigenvalue weighted by Crippen LogP contribution is 2.35. The zero-order valence-electron chi connectivity index (χ0n) is 25.9. The number of nitrogens with zero attached hydrogens (tertiary/aromatic N) is 4. The van der Waals surface area contributed by atoms with Crippen LogP contribution in [0.4, 0.5) is 8.78 Å². The number of carbonyl (C=O) groups excluding carboxylic acids is 1. The predicted molar refractivity (Wildman–Crippen MR) is 172 cm³/mol. The monoisotopic (exact) mass is 675 g/mol. The van der Waals surface area contributed by atoms with Gasteiger partial charge in [-0.2, -0.15) is 0 Å². The van der Waals surface area contributed by atoms with Crippen LogP contribution >= 0.6 is 11.6 Å². The summed E-state index contributed by atoms with van der Waals surface area (Å²) in [6, 6.07) is 13.3. The van der Waals surface area contributed by atoms with Gasteiger partial charge in [0.05, 0.1) is 34.4 Å². The Morgan fingerprint density at radius 1 is 1.12 bits per heavy atom. The summed E-state index contributed by atoms with van der Waals surface area (Å²) in [5.41, 5.74) is 2.31. The summed E-state index contributed by atoms with van der Waals surface area (Å²) < 4.78 is 44.4. The molecule has 5 aromatic rings. The van der Waals surface area contributed by atoms with Crippen molar-refractivity contribution in [2.75, 3.05) is 6.61 Å². The summed E-state index contributed by atoms with van der Waals surface area (Å²) in [4.78, 5) is 25.7. The highest BCUT2D eigenvalue weighted by molar-refractivity contribution is 6.31. The number of aliphatic hydroxyl groups is 2. The SMILES string of the molecule is CC1(NC(=O)c2cc(Cl)c(COc3cccc(-c4cc(F)c(Cc5nc6ccc(C(O)O)cc6n5C[C@@H]5CCO5)cc4F)n3)cn2)CC1. The van der Waals surface area contributed by atoms with E-state index in [9.17, 15) is 15.0 Å². The second kappa shape index (κ2) is 12.8. The maximum Gasteiger partial charge on any atom is 0.270 e. The molecule has 1 saturated heterocycles. The number of benzene rings is 2. The van der Waals surface area contributed by atoms with Gasteiger partial charge in [-0.05, 0) is 68.1 Å². The first-order valence-electron chi connectivity index (χ1n) is 15.6.